The molecular weight excluding hydrogens is 168 g/mol. The standard InChI is InChI=1S/C9H18N2O2/c1-5(2)7(6(3)4)8(12)11-9(10)13/h5-7H,1-4H3,(H3,10,11,12,13)/p+1. The minimum atomic E-state index is -0.531. The maximum atomic E-state index is 11.5. The van der Waals surface area contributed by atoms with Gasteiger partial charge in [-0.2, -0.15) is 0 Å². The Bertz CT molecular complexity index is 192. The van der Waals surface area contributed by atoms with Crippen LogP contribution in [-0.2, 0) is 4.79 Å². The highest BCUT2D eigenvalue weighted by Gasteiger charge is 2.26. The van der Waals surface area contributed by atoms with Crippen LogP contribution in [-0.4, -0.2) is 11.9 Å². The van der Waals surface area contributed by atoms with E-state index in [0.717, 1.165) is 0 Å². The first-order valence-corrected chi connectivity index (χ1v) is 4.53. The fourth-order valence-electron chi connectivity index (χ4n) is 1.60. The highest BCUT2D eigenvalue weighted by atomic mass is 16.2. The lowest BCUT2D eigenvalue weighted by molar-refractivity contribution is -0.250. The van der Waals surface area contributed by atoms with Gasteiger partial charge >= 0.3 is 6.03 Å². The van der Waals surface area contributed by atoms with Crippen molar-refractivity contribution in [2.75, 3.05) is 0 Å². The Hall–Kier alpha value is -0.900. The van der Waals surface area contributed by atoms with Crippen molar-refractivity contribution in [1.82, 2.24) is 5.32 Å². The van der Waals surface area contributed by atoms with Crippen molar-refractivity contribution in [3.63, 3.8) is 0 Å². The minimum Gasteiger partial charge on any atom is -0.274 e. The van der Waals surface area contributed by atoms with Crippen molar-refractivity contribution in [3.8, 4) is 0 Å². The Morgan fingerprint density at radius 1 is 1.08 bits per heavy atom. The van der Waals surface area contributed by atoms with Gasteiger partial charge in [0.25, 0.3) is 0 Å². The van der Waals surface area contributed by atoms with Gasteiger partial charge in [-0.05, 0) is 11.8 Å². The second-order valence-electron chi connectivity index (χ2n) is 3.93. The lowest BCUT2D eigenvalue weighted by Crippen LogP contribution is -2.65. The summed E-state index contributed by atoms with van der Waals surface area (Å²) in [7, 11) is 0. The molecule has 0 aliphatic heterocycles. The first-order chi connectivity index (χ1) is 5.86. The average Bonchev–Trinajstić information content (AvgIpc) is 1.81. The first-order valence-electron chi connectivity index (χ1n) is 4.53. The topological polar surface area (TPSA) is 73.8 Å². The molecule has 0 unspecified atom stereocenters. The van der Waals surface area contributed by atoms with E-state index in [1.54, 1.807) is 0 Å². The van der Waals surface area contributed by atoms with Crippen LogP contribution in [0.3, 0.4) is 0 Å². The summed E-state index contributed by atoms with van der Waals surface area (Å²) in [6, 6.07) is -0.531. The molecular formula is C9H19N2O2+. The smallest absolute Gasteiger partial charge is 0.274 e. The third-order valence-corrected chi connectivity index (χ3v) is 2.00. The molecule has 0 spiro atoms. The van der Waals surface area contributed by atoms with E-state index >= 15 is 0 Å². The second kappa shape index (κ2) is 4.97. The number of quaternary nitrogens is 1. The molecule has 0 aliphatic carbocycles. The Morgan fingerprint density at radius 2 is 1.46 bits per heavy atom. The van der Waals surface area contributed by atoms with Gasteiger partial charge in [0.05, 0.1) is 0 Å². The van der Waals surface area contributed by atoms with E-state index in [4.69, 9.17) is 0 Å². The van der Waals surface area contributed by atoms with Gasteiger partial charge in [0, 0.05) is 5.92 Å². The molecule has 0 bridgehead atoms. The molecule has 4 nitrogen and oxygen atoms in total. The monoisotopic (exact) mass is 187 g/mol. The molecule has 76 valence electrons. The number of hydrogen-bond donors (Lipinski definition) is 2. The Morgan fingerprint density at radius 3 is 1.69 bits per heavy atom. The van der Waals surface area contributed by atoms with Crippen LogP contribution in [0.15, 0.2) is 0 Å². The van der Waals surface area contributed by atoms with Crippen molar-refractivity contribution in [2.45, 2.75) is 27.7 Å². The highest BCUT2D eigenvalue weighted by molar-refractivity contribution is 5.91. The summed E-state index contributed by atoms with van der Waals surface area (Å²) in [6.07, 6.45) is 0. The predicted octanol–water partition coefficient (Wildman–Crippen LogP) is 0.393. The van der Waals surface area contributed by atoms with E-state index in [2.05, 4.69) is 11.1 Å². The van der Waals surface area contributed by atoms with Gasteiger partial charge in [-0.1, -0.05) is 27.7 Å². The summed E-state index contributed by atoms with van der Waals surface area (Å²) < 4.78 is 0. The fourth-order valence-corrected chi connectivity index (χ4v) is 1.60. The highest BCUT2D eigenvalue weighted by Crippen LogP contribution is 2.20. The van der Waals surface area contributed by atoms with Crippen LogP contribution >= 0.6 is 0 Å². The van der Waals surface area contributed by atoms with Crippen LogP contribution in [0.4, 0.5) is 4.79 Å². The van der Waals surface area contributed by atoms with Gasteiger partial charge in [-0.3, -0.25) is 10.5 Å². The van der Waals surface area contributed by atoms with E-state index < -0.39 is 6.03 Å². The van der Waals surface area contributed by atoms with Crippen LogP contribution in [0.1, 0.15) is 27.7 Å². The molecule has 0 rings (SSSR count). The molecule has 13 heavy (non-hydrogen) atoms. The van der Waals surface area contributed by atoms with E-state index in [0.29, 0.717) is 0 Å². The molecule has 0 saturated heterocycles. The number of urea groups is 1. The summed E-state index contributed by atoms with van der Waals surface area (Å²) in [6.45, 7) is 7.88. The van der Waals surface area contributed by atoms with Crippen molar-refractivity contribution < 1.29 is 15.3 Å². The molecule has 4 heteroatoms. The first kappa shape index (κ1) is 12.1. The van der Waals surface area contributed by atoms with E-state index in [-0.39, 0.29) is 23.7 Å². The summed E-state index contributed by atoms with van der Waals surface area (Å²) in [5.41, 5.74) is 3.11. The normalized spacial score (nSPS) is 11.1. The molecule has 0 aromatic heterocycles. The molecule has 0 aliphatic rings. The van der Waals surface area contributed by atoms with Gasteiger partial charge < -0.3 is 0 Å². The van der Waals surface area contributed by atoms with Gasteiger partial charge in [-0.15, -0.1) is 0 Å². The van der Waals surface area contributed by atoms with Crippen molar-refractivity contribution >= 4 is 11.9 Å². The summed E-state index contributed by atoms with van der Waals surface area (Å²) in [4.78, 5) is 22.0. The average molecular weight is 187 g/mol. The van der Waals surface area contributed by atoms with Crippen LogP contribution in [0.2, 0.25) is 0 Å². The molecule has 4 N–H and O–H groups in total. The van der Waals surface area contributed by atoms with Crippen LogP contribution in [0.5, 0.6) is 0 Å². The molecule has 0 heterocycles. The lowest BCUT2D eigenvalue weighted by Gasteiger charge is -2.22. The minimum absolute atomic E-state index is 0.120. The molecule has 0 atom stereocenters. The number of amides is 3. The zero-order valence-electron chi connectivity index (χ0n) is 8.76. The molecule has 0 aromatic carbocycles. The number of imide groups is 1. The fraction of sp³-hybridized carbons (Fsp3) is 0.778. The largest absolute Gasteiger partial charge is 0.418 e. The molecule has 0 radical (unpaired) electrons. The van der Waals surface area contributed by atoms with Crippen LogP contribution in [0.25, 0.3) is 0 Å². The molecule has 0 saturated carbocycles. The summed E-state index contributed by atoms with van der Waals surface area (Å²) >= 11 is 0. The zero-order chi connectivity index (χ0) is 10.6. The SMILES string of the molecule is CC(C)C(C(=O)NC([NH3+])=O)C(C)C. The van der Waals surface area contributed by atoms with Crippen LogP contribution in [0, 0.1) is 17.8 Å². The van der Waals surface area contributed by atoms with Crippen molar-refractivity contribution in [3.05, 3.63) is 0 Å². The van der Waals surface area contributed by atoms with Crippen LogP contribution < -0.4 is 11.1 Å². The van der Waals surface area contributed by atoms with E-state index in [1.807, 2.05) is 27.7 Å². The number of nitrogens with one attached hydrogen (secondary N) is 1. The number of carbonyl (C=O) groups excluding carboxylic acids is 2. The molecule has 0 fully saturated rings. The molecule has 0 aromatic rings. The van der Waals surface area contributed by atoms with Crippen molar-refractivity contribution in [1.29, 1.82) is 0 Å². The second-order valence-corrected chi connectivity index (χ2v) is 3.93. The third kappa shape index (κ3) is 4.03. The van der Waals surface area contributed by atoms with Gasteiger partial charge in [0.15, 0.2) is 0 Å². The number of carbonyl (C=O) groups is 2. The predicted molar refractivity (Wildman–Crippen MR) is 49.6 cm³/mol. The third-order valence-electron chi connectivity index (χ3n) is 2.00. The lowest BCUT2D eigenvalue weighted by atomic mass is 9.85. The maximum absolute atomic E-state index is 11.5. The maximum Gasteiger partial charge on any atom is 0.418 e. The number of rotatable bonds is 3. The number of hydrogen-bond acceptors (Lipinski definition) is 2. The molecule has 3 amide bonds. The van der Waals surface area contributed by atoms with Gasteiger partial charge in [0.2, 0.25) is 5.91 Å². The van der Waals surface area contributed by atoms with Crippen molar-refractivity contribution in [2.24, 2.45) is 17.8 Å². The van der Waals surface area contributed by atoms with E-state index in [1.165, 1.54) is 0 Å². The zero-order valence-corrected chi connectivity index (χ0v) is 8.76. The summed E-state index contributed by atoms with van der Waals surface area (Å²) in [5, 5.41) is 2.22. The Labute approximate surface area is 78.9 Å². The van der Waals surface area contributed by atoms with Gasteiger partial charge in [0.1, 0.15) is 0 Å². The Kier molecular flexibility index (Phi) is 4.62. The Balaban J connectivity index is 4.38. The quantitative estimate of drug-likeness (QED) is 0.671. The van der Waals surface area contributed by atoms with Gasteiger partial charge in [-0.25, -0.2) is 10.1 Å². The summed E-state index contributed by atoms with van der Waals surface area (Å²) in [5.74, 6) is 0.134. The van der Waals surface area contributed by atoms with E-state index in [9.17, 15) is 9.59 Å².